The highest BCUT2D eigenvalue weighted by molar-refractivity contribution is 7.08. The minimum absolute atomic E-state index is 0.136. The highest BCUT2D eigenvalue weighted by Crippen LogP contribution is 2.22. The molecule has 0 unspecified atom stereocenters. The van der Waals surface area contributed by atoms with Gasteiger partial charge in [0.2, 0.25) is 0 Å². The third-order valence-electron chi connectivity index (χ3n) is 3.29. The first-order valence-corrected chi connectivity index (χ1v) is 7.78. The molecule has 1 amide bonds. The number of hydrogen-bond acceptors (Lipinski definition) is 3. The van der Waals surface area contributed by atoms with E-state index in [4.69, 9.17) is 0 Å². The van der Waals surface area contributed by atoms with Crippen molar-refractivity contribution in [3.05, 3.63) is 76.2 Å². The number of amides is 1. The molecule has 116 valence electrons. The summed E-state index contributed by atoms with van der Waals surface area (Å²) in [5, 5.41) is 6.47. The molecular formula is C17H12F2N2OS. The number of benzene rings is 1. The molecule has 0 aliphatic rings. The number of halogens is 2. The lowest BCUT2D eigenvalue weighted by Gasteiger charge is -2.08. The third kappa shape index (κ3) is 3.43. The van der Waals surface area contributed by atoms with Gasteiger partial charge in [-0.3, -0.25) is 9.78 Å². The van der Waals surface area contributed by atoms with E-state index in [0.29, 0.717) is 0 Å². The maximum atomic E-state index is 13.6. The number of rotatable bonds is 4. The summed E-state index contributed by atoms with van der Waals surface area (Å²) >= 11 is 1.58. The van der Waals surface area contributed by atoms with Gasteiger partial charge >= 0.3 is 0 Å². The lowest BCUT2D eigenvalue weighted by molar-refractivity contribution is 0.0942. The highest BCUT2D eigenvalue weighted by atomic mass is 32.1. The predicted octanol–water partition coefficient (Wildman–Crippen LogP) is 4.02. The van der Waals surface area contributed by atoms with Crippen LogP contribution in [0.5, 0.6) is 0 Å². The number of aromatic nitrogens is 1. The van der Waals surface area contributed by atoms with Gasteiger partial charge in [-0.25, -0.2) is 8.78 Å². The van der Waals surface area contributed by atoms with Crippen molar-refractivity contribution in [3.63, 3.8) is 0 Å². The molecule has 0 saturated heterocycles. The SMILES string of the molecule is O=C(NCc1cncc(-c2ccsc2)c1)c1c(F)cccc1F. The Labute approximate surface area is 135 Å². The molecule has 0 spiro atoms. The number of carbonyl (C=O) groups excluding carboxylic acids is 1. The Kier molecular flexibility index (Phi) is 4.43. The Hall–Kier alpha value is -2.60. The minimum atomic E-state index is -0.882. The van der Waals surface area contributed by atoms with Crippen molar-refractivity contribution < 1.29 is 13.6 Å². The molecule has 0 atom stereocenters. The Morgan fingerprint density at radius 2 is 1.91 bits per heavy atom. The standard InChI is InChI=1S/C17H12F2N2OS/c18-14-2-1-3-15(19)16(14)17(22)21-8-11-6-13(9-20-7-11)12-4-5-23-10-12/h1-7,9-10H,8H2,(H,21,22). The maximum absolute atomic E-state index is 13.6. The van der Waals surface area contributed by atoms with Gasteiger partial charge in [-0.05, 0) is 46.2 Å². The molecule has 0 radical (unpaired) electrons. The largest absolute Gasteiger partial charge is 0.348 e. The zero-order valence-electron chi connectivity index (χ0n) is 11.9. The van der Waals surface area contributed by atoms with Crippen LogP contribution in [0.4, 0.5) is 8.78 Å². The molecule has 0 fully saturated rings. The van der Waals surface area contributed by atoms with Crippen LogP contribution in [0.3, 0.4) is 0 Å². The van der Waals surface area contributed by atoms with Crippen LogP contribution in [0.15, 0.2) is 53.5 Å². The molecule has 0 bridgehead atoms. The molecule has 0 saturated carbocycles. The summed E-state index contributed by atoms with van der Waals surface area (Å²) in [5.74, 6) is -2.55. The van der Waals surface area contributed by atoms with Gasteiger partial charge in [0.05, 0.1) is 0 Å². The number of hydrogen-bond donors (Lipinski definition) is 1. The zero-order valence-corrected chi connectivity index (χ0v) is 12.7. The second-order valence-corrected chi connectivity index (χ2v) is 5.65. The molecule has 0 aliphatic carbocycles. The van der Waals surface area contributed by atoms with Crippen LogP contribution >= 0.6 is 11.3 Å². The molecule has 3 rings (SSSR count). The van der Waals surface area contributed by atoms with E-state index in [1.54, 1.807) is 23.7 Å². The van der Waals surface area contributed by atoms with Gasteiger partial charge < -0.3 is 5.32 Å². The minimum Gasteiger partial charge on any atom is -0.348 e. The van der Waals surface area contributed by atoms with Crippen LogP contribution in [-0.2, 0) is 6.54 Å². The Bertz CT molecular complexity index is 814. The first-order valence-electron chi connectivity index (χ1n) is 6.84. The van der Waals surface area contributed by atoms with Crippen molar-refractivity contribution in [2.24, 2.45) is 0 Å². The Balaban J connectivity index is 1.74. The van der Waals surface area contributed by atoms with Crippen LogP contribution in [-0.4, -0.2) is 10.9 Å². The van der Waals surface area contributed by atoms with Crippen LogP contribution in [0.2, 0.25) is 0 Å². The summed E-state index contributed by atoms with van der Waals surface area (Å²) in [4.78, 5) is 16.1. The maximum Gasteiger partial charge on any atom is 0.257 e. The fraction of sp³-hybridized carbons (Fsp3) is 0.0588. The number of pyridine rings is 1. The van der Waals surface area contributed by atoms with Crippen LogP contribution in [0.25, 0.3) is 11.1 Å². The van der Waals surface area contributed by atoms with Crippen molar-refractivity contribution in [2.75, 3.05) is 0 Å². The summed E-state index contributed by atoms with van der Waals surface area (Å²) in [6, 6.07) is 7.18. The summed E-state index contributed by atoms with van der Waals surface area (Å²) in [6.07, 6.45) is 3.33. The number of nitrogens with one attached hydrogen (secondary N) is 1. The van der Waals surface area contributed by atoms with Crippen molar-refractivity contribution in [1.29, 1.82) is 0 Å². The first-order chi connectivity index (χ1) is 11.1. The van der Waals surface area contributed by atoms with Crippen molar-refractivity contribution in [2.45, 2.75) is 6.54 Å². The molecule has 3 aromatic rings. The summed E-state index contributed by atoms with van der Waals surface area (Å²) < 4.78 is 27.1. The van der Waals surface area contributed by atoms with E-state index in [1.807, 2.05) is 22.9 Å². The van der Waals surface area contributed by atoms with Crippen LogP contribution < -0.4 is 5.32 Å². The van der Waals surface area contributed by atoms with E-state index in [0.717, 1.165) is 28.8 Å². The predicted molar refractivity (Wildman–Crippen MR) is 85.1 cm³/mol. The smallest absolute Gasteiger partial charge is 0.257 e. The van der Waals surface area contributed by atoms with Gasteiger partial charge in [-0.1, -0.05) is 6.07 Å². The lowest BCUT2D eigenvalue weighted by atomic mass is 10.1. The molecule has 2 aromatic heterocycles. The first kappa shape index (κ1) is 15.3. The summed E-state index contributed by atoms with van der Waals surface area (Å²) in [7, 11) is 0. The molecule has 3 nitrogen and oxygen atoms in total. The molecule has 0 aliphatic heterocycles. The van der Waals surface area contributed by atoms with E-state index < -0.39 is 23.1 Å². The van der Waals surface area contributed by atoms with E-state index >= 15 is 0 Å². The van der Waals surface area contributed by atoms with Crippen LogP contribution in [0.1, 0.15) is 15.9 Å². The van der Waals surface area contributed by atoms with Gasteiger partial charge in [0.1, 0.15) is 17.2 Å². The topological polar surface area (TPSA) is 42.0 Å². The Morgan fingerprint density at radius 1 is 1.13 bits per heavy atom. The lowest BCUT2D eigenvalue weighted by Crippen LogP contribution is -2.25. The molecule has 6 heteroatoms. The number of thiophene rings is 1. The van der Waals surface area contributed by atoms with Gasteiger partial charge in [0.25, 0.3) is 5.91 Å². The highest BCUT2D eigenvalue weighted by Gasteiger charge is 2.16. The Morgan fingerprint density at radius 3 is 2.61 bits per heavy atom. The second-order valence-electron chi connectivity index (χ2n) is 4.87. The fourth-order valence-corrected chi connectivity index (χ4v) is 2.82. The summed E-state index contributed by atoms with van der Waals surface area (Å²) in [5.41, 5.74) is 2.14. The normalized spacial score (nSPS) is 10.5. The van der Waals surface area contributed by atoms with Gasteiger partial charge in [-0.15, -0.1) is 0 Å². The second kappa shape index (κ2) is 6.66. The van der Waals surface area contributed by atoms with Gasteiger partial charge in [-0.2, -0.15) is 11.3 Å². The molecule has 1 N–H and O–H groups in total. The van der Waals surface area contributed by atoms with Crippen molar-refractivity contribution in [1.82, 2.24) is 10.3 Å². The zero-order chi connectivity index (χ0) is 16.2. The average molecular weight is 330 g/mol. The van der Waals surface area contributed by atoms with Crippen molar-refractivity contribution >= 4 is 17.2 Å². The average Bonchev–Trinajstić information content (AvgIpc) is 3.07. The number of nitrogens with zero attached hydrogens (tertiary/aromatic N) is 1. The quantitative estimate of drug-likeness (QED) is 0.785. The van der Waals surface area contributed by atoms with E-state index in [2.05, 4.69) is 10.3 Å². The van der Waals surface area contributed by atoms with Gasteiger partial charge in [0.15, 0.2) is 0 Å². The van der Waals surface area contributed by atoms with E-state index in [-0.39, 0.29) is 6.54 Å². The monoisotopic (exact) mass is 330 g/mol. The summed E-state index contributed by atoms with van der Waals surface area (Å²) in [6.45, 7) is 0.136. The van der Waals surface area contributed by atoms with E-state index in [9.17, 15) is 13.6 Å². The van der Waals surface area contributed by atoms with Crippen molar-refractivity contribution in [3.8, 4) is 11.1 Å². The molecule has 2 heterocycles. The molecule has 23 heavy (non-hydrogen) atoms. The van der Waals surface area contributed by atoms with E-state index in [1.165, 1.54) is 6.07 Å². The van der Waals surface area contributed by atoms with Gasteiger partial charge in [0, 0.05) is 24.5 Å². The van der Waals surface area contributed by atoms with Crippen LogP contribution in [0, 0.1) is 11.6 Å². The molecular weight excluding hydrogens is 318 g/mol. The fourth-order valence-electron chi connectivity index (χ4n) is 2.16. The molecule has 1 aromatic carbocycles. The number of carbonyl (C=O) groups is 1. The third-order valence-corrected chi connectivity index (χ3v) is 3.98.